The maximum absolute atomic E-state index is 13.5. The molecule has 1 aliphatic rings. The van der Waals surface area contributed by atoms with Crippen molar-refractivity contribution in [2.45, 2.75) is 39.8 Å². The molecule has 0 spiro atoms. The quantitative estimate of drug-likeness (QED) is 0.268. The van der Waals surface area contributed by atoms with Gasteiger partial charge in [0.05, 0.1) is 11.9 Å². The Labute approximate surface area is 247 Å². The van der Waals surface area contributed by atoms with E-state index in [0.29, 0.717) is 42.6 Å². The van der Waals surface area contributed by atoms with Crippen molar-refractivity contribution in [3.05, 3.63) is 84.2 Å². The zero-order chi connectivity index (χ0) is 29.9. The van der Waals surface area contributed by atoms with Gasteiger partial charge in [-0.2, -0.15) is 0 Å². The van der Waals surface area contributed by atoms with E-state index < -0.39 is 11.7 Å². The lowest BCUT2D eigenvalue weighted by Gasteiger charge is -2.34. The maximum Gasteiger partial charge on any atom is 0.414 e. The summed E-state index contributed by atoms with van der Waals surface area (Å²) in [5.74, 6) is 1.05. The Balaban J connectivity index is 1.23. The third-order valence-corrected chi connectivity index (χ3v) is 7.33. The van der Waals surface area contributed by atoms with Crippen LogP contribution in [0.2, 0.25) is 0 Å². The first-order valence-corrected chi connectivity index (χ1v) is 14.4. The largest absolute Gasteiger partial charge is 0.443 e. The fourth-order valence-electron chi connectivity index (χ4n) is 5.16. The molecule has 1 fully saturated rings. The summed E-state index contributed by atoms with van der Waals surface area (Å²) in [6.07, 6.45) is 1.18. The van der Waals surface area contributed by atoms with Crippen LogP contribution in [0.4, 0.5) is 10.5 Å². The first-order chi connectivity index (χ1) is 20.1. The van der Waals surface area contributed by atoms with E-state index in [1.54, 1.807) is 18.3 Å². The van der Waals surface area contributed by atoms with Crippen LogP contribution >= 0.6 is 0 Å². The predicted octanol–water partition coefficient (Wildman–Crippen LogP) is 6.09. The summed E-state index contributed by atoms with van der Waals surface area (Å²) >= 11 is 0. The van der Waals surface area contributed by atoms with Gasteiger partial charge in [0.15, 0.2) is 0 Å². The first kappa shape index (κ1) is 29.1. The highest BCUT2D eigenvalue weighted by Crippen LogP contribution is 2.28. The zero-order valence-electron chi connectivity index (χ0n) is 25.0. The molecule has 4 aromatic rings. The van der Waals surface area contributed by atoms with Crippen LogP contribution in [0.3, 0.4) is 0 Å². The number of carbonyl (C=O) groups excluding carboxylic acids is 2. The molecule has 42 heavy (non-hydrogen) atoms. The molecule has 9 heteroatoms. The molecule has 0 N–H and O–H groups in total. The lowest BCUT2D eigenvalue weighted by atomic mass is 10.2. The number of aromatic nitrogens is 2. The van der Waals surface area contributed by atoms with E-state index in [0.717, 1.165) is 30.5 Å². The van der Waals surface area contributed by atoms with E-state index in [-0.39, 0.29) is 5.91 Å². The molecule has 9 nitrogen and oxygen atoms in total. The molecule has 220 valence electrons. The van der Waals surface area contributed by atoms with Crippen LogP contribution in [-0.4, -0.2) is 69.7 Å². The average Bonchev–Trinajstić information content (AvgIpc) is 3.29. The SMILES string of the molecule is CCN(C(=O)OC(C)(C)C)c1ccc(Oc2ccc3c(c2)cc(C(=O)N2CCN(Cc4ccccc4)CC2)n3C)nc1. The Kier molecular flexibility index (Phi) is 8.49. The second-order valence-corrected chi connectivity index (χ2v) is 11.5. The standard InChI is InChI=1S/C33H39N5O4/c1-6-38(32(40)42-33(2,3)4)26-12-15-30(34-22-26)41-27-13-14-28-25(20-27)21-29(35(28)5)31(39)37-18-16-36(17-19-37)23-24-10-8-7-9-11-24/h7-15,20-22H,6,16-19,23H2,1-5H3. The first-order valence-electron chi connectivity index (χ1n) is 14.4. The van der Waals surface area contributed by atoms with E-state index in [2.05, 4.69) is 34.1 Å². The molecule has 1 saturated heterocycles. The molecule has 0 bridgehead atoms. The summed E-state index contributed by atoms with van der Waals surface area (Å²) in [6.45, 7) is 11.8. The van der Waals surface area contributed by atoms with Gasteiger partial charge in [0.1, 0.15) is 17.0 Å². The van der Waals surface area contributed by atoms with Crippen LogP contribution in [0.25, 0.3) is 10.9 Å². The van der Waals surface area contributed by atoms with Crippen molar-refractivity contribution in [1.82, 2.24) is 19.4 Å². The van der Waals surface area contributed by atoms with Crippen molar-refractivity contribution >= 4 is 28.6 Å². The summed E-state index contributed by atoms with van der Waals surface area (Å²) in [4.78, 5) is 36.3. The van der Waals surface area contributed by atoms with Crippen LogP contribution < -0.4 is 9.64 Å². The van der Waals surface area contributed by atoms with E-state index in [4.69, 9.17) is 9.47 Å². The number of aryl methyl sites for hydroxylation is 1. The summed E-state index contributed by atoms with van der Waals surface area (Å²) in [5, 5.41) is 0.916. The van der Waals surface area contributed by atoms with Gasteiger partial charge in [-0.15, -0.1) is 0 Å². The van der Waals surface area contributed by atoms with Crippen LogP contribution in [0.5, 0.6) is 11.6 Å². The van der Waals surface area contributed by atoms with Crippen LogP contribution in [0.1, 0.15) is 43.7 Å². The molecule has 0 aliphatic carbocycles. The van der Waals surface area contributed by atoms with E-state index in [9.17, 15) is 9.59 Å². The highest BCUT2D eigenvalue weighted by atomic mass is 16.6. The van der Waals surface area contributed by atoms with E-state index in [1.807, 2.05) is 74.5 Å². The Morgan fingerprint density at radius 2 is 1.69 bits per heavy atom. The van der Waals surface area contributed by atoms with Crippen LogP contribution in [0, 0.1) is 0 Å². The number of piperazine rings is 1. The van der Waals surface area contributed by atoms with Gasteiger partial charge in [-0.25, -0.2) is 9.78 Å². The molecule has 0 saturated carbocycles. The van der Waals surface area contributed by atoms with Gasteiger partial charge in [0.25, 0.3) is 5.91 Å². The van der Waals surface area contributed by atoms with Gasteiger partial charge in [0.2, 0.25) is 5.88 Å². The molecule has 3 heterocycles. The van der Waals surface area contributed by atoms with Crippen molar-refractivity contribution in [3.8, 4) is 11.6 Å². The summed E-state index contributed by atoms with van der Waals surface area (Å²) in [6, 6.07) is 21.6. The van der Waals surface area contributed by atoms with Crippen molar-refractivity contribution < 1.29 is 19.1 Å². The van der Waals surface area contributed by atoms with Gasteiger partial charge in [-0.1, -0.05) is 30.3 Å². The number of carbonyl (C=O) groups is 2. The Hall–Kier alpha value is -4.37. The van der Waals surface area contributed by atoms with Gasteiger partial charge in [-0.05, 0) is 63.6 Å². The van der Waals surface area contributed by atoms with E-state index in [1.165, 1.54) is 10.5 Å². The minimum absolute atomic E-state index is 0.0400. The zero-order valence-corrected chi connectivity index (χ0v) is 25.0. The highest BCUT2D eigenvalue weighted by Gasteiger charge is 2.25. The number of benzene rings is 2. The number of amides is 2. The number of ether oxygens (including phenoxy) is 2. The van der Waals surface area contributed by atoms with Crippen molar-refractivity contribution in [3.63, 3.8) is 0 Å². The number of hydrogen-bond donors (Lipinski definition) is 0. The summed E-state index contributed by atoms with van der Waals surface area (Å²) < 4.78 is 13.5. The Bertz CT molecular complexity index is 1530. The van der Waals surface area contributed by atoms with E-state index >= 15 is 0 Å². The third-order valence-electron chi connectivity index (χ3n) is 7.33. The van der Waals surface area contributed by atoms with Gasteiger partial charge in [0, 0.05) is 63.3 Å². The highest BCUT2D eigenvalue weighted by molar-refractivity contribution is 5.99. The Morgan fingerprint density at radius 3 is 2.33 bits per heavy atom. The number of pyridine rings is 1. The topological polar surface area (TPSA) is 80.1 Å². The lowest BCUT2D eigenvalue weighted by Crippen LogP contribution is -2.48. The number of rotatable bonds is 7. The maximum atomic E-state index is 13.5. The second kappa shape index (κ2) is 12.2. The molecule has 0 unspecified atom stereocenters. The minimum atomic E-state index is -0.584. The molecule has 2 amide bonds. The molecule has 0 radical (unpaired) electrons. The molecular weight excluding hydrogens is 530 g/mol. The molecule has 1 aliphatic heterocycles. The van der Waals surface area contributed by atoms with Crippen molar-refractivity contribution in [1.29, 1.82) is 0 Å². The fourth-order valence-corrected chi connectivity index (χ4v) is 5.16. The average molecular weight is 570 g/mol. The normalized spacial score (nSPS) is 14.2. The molecule has 2 aromatic heterocycles. The molecule has 0 atom stereocenters. The van der Waals surface area contributed by atoms with Crippen molar-refractivity contribution in [2.75, 3.05) is 37.6 Å². The van der Waals surface area contributed by atoms with Gasteiger partial charge < -0.3 is 18.9 Å². The fraction of sp³-hybridized carbons (Fsp3) is 0.364. The second-order valence-electron chi connectivity index (χ2n) is 11.5. The number of fused-ring (bicyclic) bond motifs is 1. The summed E-state index contributed by atoms with van der Waals surface area (Å²) in [7, 11) is 1.92. The van der Waals surface area contributed by atoms with Crippen molar-refractivity contribution in [2.24, 2.45) is 7.05 Å². The predicted molar refractivity (Wildman–Crippen MR) is 164 cm³/mol. The number of anilines is 1. The molecule has 5 rings (SSSR count). The monoisotopic (exact) mass is 569 g/mol. The van der Waals surface area contributed by atoms with Gasteiger partial charge in [-0.3, -0.25) is 14.6 Å². The smallest absolute Gasteiger partial charge is 0.414 e. The third kappa shape index (κ3) is 6.74. The summed E-state index contributed by atoms with van der Waals surface area (Å²) in [5.41, 5.74) is 2.94. The number of hydrogen-bond acceptors (Lipinski definition) is 6. The minimum Gasteiger partial charge on any atom is -0.443 e. The van der Waals surface area contributed by atoms with Crippen LogP contribution in [0.15, 0.2) is 72.9 Å². The number of nitrogens with zero attached hydrogens (tertiary/aromatic N) is 5. The molecular formula is C33H39N5O4. The van der Waals surface area contributed by atoms with Crippen LogP contribution in [-0.2, 0) is 18.3 Å². The lowest BCUT2D eigenvalue weighted by molar-refractivity contribution is 0.0580. The Morgan fingerprint density at radius 1 is 0.952 bits per heavy atom. The van der Waals surface area contributed by atoms with Gasteiger partial charge >= 0.3 is 6.09 Å². The molecule has 2 aromatic carbocycles.